The first-order valence-electron chi connectivity index (χ1n) is 37.0. The molecule has 578 valence electrons. The van der Waals surface area contributed by atoms with Gasteiger partial charge in [-0.2, -0.15) is 0 Å². The van der Waals surface area contributed by atoms with Gasteiger partial charge in [-0.3, -0.25) is 62.3 Å². The van der Waals surface area contributed by atoms with E-state index in [1.54, 1.807) is 131 Å². The second kappa shape index (κ2) is 41.4. The Morgan fingerprint density at radius 1 is 0.524 bits per heavy atom. The van der Waals surface area contributed by atoms with Crippen LogP contribution in [0, 0.1) is 23.7 Å². The first kappa shape index (κ1) is 86.4. The molecule has 0 aliphatic carbocycles. The third-order valence-electron chi connectivity index (χ3n) is 19.7. The number of rotatable bonds is 18. The van der Waals surface area contributed by atoms with Crippen molar-refractivity contribution in [3.8, 4) is 0 Å². The zero-order chi connectivity index (χ0) is 78.1. The van der Waals surface area contributed by atoms with Gasteiger partial charge in [-0.1, -0.05) is 146 Å². The molecule has 105 heavy (non-hydrogen) atoms. The van der Waals surface area contributed by atoms with E-state index >= 15 is 19.2 Å². The summed E-state index contributed by atoms with van der Waals surface area (Å²) in [6.07, 6.45) is 0.610. The van der Waals surface area contributed by atoms with Gasteiger partial charge in [0.15, 0.2) is 0 Å². The lowest BCUT2D eigenvalue weighted by molar-refractivity contribution is -0.150. The highest BCUT2D eigenvalue weighted by atomic mass is 16.3. The van der Waals surface area contributed by atoms with Crippen LogP contribution in [0.5, 0.6) is 0 Å². The summed E-state index contributed by atoms with van der Waals surface area (Å²) in [5, 5.41) is 27.9. The Hall–Kier alpha value is -9.27. The van der Waals surface area contributed by atoms with Crippen molar-refractivity contribution in [3.63, 3.8) is 0 Å². The third-order valence-corrected chi connectivity index (χ3v) is 19.7. The van der Waals surface area contributed by atoms with Crippen LogP contribution in [0.3, 0.4) is 0 Å². The normalized spacial score (nSPS) is 23.3. The van der Waals surface area contributed by atoms with Crippen LogP contribution in [-0.2, 0) is 81.6 Å². The van der Waals surface area contributed by atoms with E-state index in [0.717, 1.165) is 29.1 Å². The number of hydrogen-bond acceptors (Lipinski definition) is 14. The molecular weight excluding hydrogens is 1340 g/mol. The van der Waals surface area contributed by atoms with Gasteiger partial charge in [-0.05, 0) is 99.2 Å². The molecule has 5 rings (SSSR count). The number of likely N-dealkylation sites (N-methyl/N-ethyl adjacent to an activating group) is 5. The van der Waals surface area contributed by atoms with E-state index in [4.69, 9.17) is 0 Å². The molecular formula is C78H117N13O14. The quantitative estimate of drug-likeness (QED) is 0.0962. The number of hydrogen-bond donors (Lipinski definition) is 7. The number of carbonyl (C=O) groups is 13. The van der Waals surface area contributed by atoms with Crippen LogP contribution < -0.4 is 31.9 Å². The molecule has 0 bridgehead atoms. The highest BCUT2D eigenvalue weighted by Gasteiger charge is 2.43. The van der Waals surface area contributed by atoms with E-state index in [-0.39, 0.29) is 75.7 Å². The smallest absolute Gasteiger partial charge is 0.248 e. The second-order valence-corrected chi connectivity index (χ2v) is 29.8. The minimum absolute atomic E-state index is 0.0456. The lowest BCUT2D eigenvalue weighted by atomic mass is 9.96. The Morgan fingerprint density at radius 2 is 1.05 bits per heavy atom. The number of carbonyl (C=O) groups excluding carboxylic acids is 13. The van der Waals surface area contributed by atoms with E-state index < -0.39 is 162 Å². The van der Waals surface area contributed by atoms with Gasteiger partial charge in [0.25, 0.3) is 0 Å². The largest absolute Gasteiger partial charge is 0.391 e. The minimum atomic E-state index is -1.70. The van der Waals surface area contributed by atoms with Gasteiger partial charge >= 0.3 is 0 Å². The van der Waals surface area contributed by atoms with Crippen molar-refractivity contribution in [2.24, 2.45) is 23.7 Å². The summed E-state index contributed by atoms with van der Waals surface area (Å²) in [4.78, 5) is 200. The van der Waals surface area contributed by atoms with Gasteiger partial charge in [0.2, 0.25) is 76.8 Å². The molecule has 0 saturated carbocycles. The van der Waals surface area contributed by atoms with Crippen molar-refractivity contribution in [2.75, 3.05) is 68.5 Å². The molecule has 0 spiro atoms. The van der Waals surface area contributed by atoms with Crippen LogP contribution in [-0.4, -0.2) is 251 Å². The standard InChI is InChI=1S/C78H117N13O14/c1-48(2)41-59-72(99)84-67(53(10)92)78(105)89(15)60(44-55-33-23-18-24-34-55)70(97)79-47-65(95)86(12)62(42-49(3)4)76(103)90(16)68(51(7)8)73(100)81-57(43-54-31-21-17-22-32-54)69(96)82-58(46-64(94)85(11)38-30-27-37-63(93)83-66(50(5)6)77(104)88(59)14)75(102)87(13)61(45-56-35-25-19-26-36-56)71(98)80-52(9)74(101)91-39-28-20-29-40-91/h17-19,21-26,31-36,48-53,57-62,66-68,92H,20,27-30,37-47H2,1-16H3,(H,79,97)(H,80,98)(H,81,100)(H,82,96)(H,83,93)(H,84,99)/t52-,53+,57-,58-,59-,60-,61-,62-,66-,67-,68-/m0/s1. The molecule has 27 nitrogen and oxygen atoms in total. The van der Waals surface area contributed by atoms with Crippen molar-refractivity contribution in [1.29, 1.82) is 0 Å². The average Bonchev–Trinajstić information content (AvgIpc) is 0.825. The Balaban J connectivity index is 1.61. The number of nitrogens with one attached hydrogen (secondary N) is 6. The second-order valence-electron chi connectivity index (χ2n) is 29.8. The first-order chi connectivity index (χ1) is 49.5. The molecule has 2 saturated heterocycles. The Bertz CT molecular complexity index is 3420. The van der Waals surface area contributed by atoms with Crippen LogP contribution >= 0.6 is 0 Å². The van der Waals surface area contributed by atoms with Crippen LogP contribution in [0.4, 0.5) is 0 Å². The Kier molecular flexibility index (Phi) is 34.1. The van der Waals surface area contributed by atoms with Crippen molar-refractivity contribution in [1.82, 2.24) is 66.2 Å². The van der Waals surface area contributed by atoms with Crippen molar-refractivity contribution < 1.29 is 67.4 Å². The topological polar surface area (TPSA) is 337 Å². The Morgan fingerprint density at radius 3 is 1.59 bits per heavy atom. The molecule has 13 amide bonds. The highest BCUT2D eigenvalue weighted by molar-refractivity contribution is 6.00. The first-order valence-corrected chi connectivity index (χ1v) is 37.0. The molecule has 3 aromatic rings. The zero-order valence-electron chi connectivity index (χ0n) is 64.5. The van der Waals surface area contributed by atoms with Gasteiger partial charge in [0, 0.05) is 87.6 Å². The fraction of sp³-hybridized carbons (Fsp3) is 0.603. The molecule has 11 atom stereocenters. The monoisotopic (exact) mass is 1460 g/mol. The van der Waals surface area contributed by atoms with E-state index in [1.165, 1.54) is 68.8 Å². The van der Waals surface area contributed by atoms with E-state index in [9.17, 15) is 48.3 Å². The summed E-state index contributed by atoms with van der Waals surface area (Å²) >= 11 is 0. The predicted molar refractivity (Wildman–Crippen MR) is 398 cm³/mol. The van der Waals surface area contributed by atoms with Gasteiger partial charge < -0.3 is 71.3 Å². The fourth-order valence-electron chi connectivity index (χ4n) is 13.3. The molecule has 2 fully saturated rings. The molecule has 0 unspecified atom stereocenters. The third kappa shape index (κ3) is 25.5. The number of nitrogens with zero attached hydrogens (tertiary/aromatic N) is 7. The van der Waals surface area contributed by atoms with Crippen LogP contribution in [0.1, 0.15) is 144 Å². The molecule has 27 heteroatoms. The van der Waals surface area contributed by atoms with Crippen LogP contribution in [0.2, 0.25) is 0 Å². The number of likely N-dealkylation sites (tertiary alicyclic amines) is 1. The van der Waals surface area contributed by atoms with E-state index in [0.29, 0.717) is 29.8 Å². The highest BCUT2D eigenvalue weighted by Crippen LogP contribution is 2.23. The molecule has 3 aromatic carbocycles. The number of aliphatic hydroxyl groups is 1. The number of aliphatic hydroxyl groups excluding tert-OH is 1. The molecule has 7 N–H and O–H groups in total. The summed E-state index contributed by atoms with van der Waals surface area (Å²) in [5.74, 6) is -10.7. The maximum atomic E-state index is 15.5. The lowest BCUT2D eigenvalue weighted by Gasteiger charge is -2.37. The van der Waals surface area contributed by atoms with Gasteiger partial charge in [-0.15, -0.1) is 0 Å². The molecule has 0 aromatic heterocycles. The molecule has 0 radical (unpaired) electrons. The van der Waals surface area contributed by atoms with E-state index in [1.807, 2.05) is 27.7 Å². The van der Waals surface area contributed by atoms with E-state index in [2.05, 4.69) is 31.9 Å². The summed E-state index contributed by atoms with van der Waals surface area (Å²) in [6, 6.07) is 12.9. The van der Waals surface area contributed by atoms with Crippen LogP contribution in [0.15, 0.2) is 91.0 Å². The maximum Gasteiger partial charge on any atom is 0.248 e. The minimum Gasteiger partial charge on any atom is -0.391 e. The zero-order valence-corrected chi connectivity index (χ0v) is 64.5. The number of amides is 13. The Labute approximate surface area is 620 Å². The van der Waals surface area contributed by atoms with Crippen molar-refractivity contribution in [3.05, 3.63) is 108 Å². The lowest BCUT2D eigenvalue weighted by Crippen LogP contribution is -2.62. The average molecular weight is 1460 g/mol. The summed E-state index contributed by atoms with van der Waals surface area (Å²) in [7, 11) is 8.40. The summed E-state index contributed by atoms with van der Waals surface area (Å²) < 4.78 is 0. The SMILES string of the molecule is CC(C)C[C@H]1C(=O)N(C)[C@@H](C(C)C)C(=O)N[C@@H](Cc2ccccc2)C(=O)N[C@H](C(=O)N(C)[C@@H](Cc2ccccc2)C(=O)N[C@@H](C)C(=O)N2CCCCC2)CC(=O)N(C)CCCCC(=O)N[C@@H](C(C)C)C(=O)N(C)[C@@H](CC(C)C)C(=O)N[C@@H]([C@@H](C)O)C(=O)N(C)[C@@H](Cc2ccccc2)C(=O)NCC(=O)N1C. The number of piperidine rings is 1. The van der Waals surface area contributed by atoms with Crippen LogP contribution in [0.25, 0.3) is 0 Å². The number of benzene rings is 3. The predicted octanol–water partition coefficient (Wildman–Crippen LogP) is 3.24. The van der Waals surface area contributed by atoms with Gasteiger partial charge in [-0.25, -0.2) is 0 Å². The summed E-state index contributed by atoms with van der Waals surface area (Å²) in [5.41, 5.74) is 1.85. The van der Waals surface area contributed by atoms with Gasteiger partial charge in [0.1, 0.15) is 60.4 Å². The fourth-order valence-corrected chi connectivity index (χ4v) is 13.3. The molecule has 2 aliphatic rings. The van der Waals surface area contributed by atoms with Gasteiger partial charge in [0.05, 0.1) is 19.1 Å². The maximum absolute atomic E-state index is 15.5. The molecule has 2 aliphatic heterocycles. The van der Waals surface area contributed by atoms with Crippen molar-refractivity contribution in [2.45, 2.75) is 213 Å². The summed E-state index contributed by atoms with van der Waals surface area (Å²) in [6.45, 7) is 17.5. The molecule has 2 heterocycles. The van der Waals surface area contributed by atoms with Crippen molar-refractivity contribution >= 4 is 76.8 Å².